The zero-order chi connectivity index (χ0) is 21.6. The van der Waals surface area contributed by atoms with Crippen molar-refractivity contribution in [3.05, 3.63) is 57.6 Å². The van der Waals surface area contributed by atoms with Crippen LogP contribution >= 0.6 is 0 Å². The van der Waals surface area contributed by atoms with Crippen molar-refractivity contribution < 1.29 is 9.59 Å². The van der Waals surface area contributed by atoms with Crippen LogP contribution in [0.25, 0.3) is 0 Å². The first kappa shape index (κ1) is 20.6. The highest BCUT2D eigenvalue weighted by molar-refractivity contribution is 6.00. The number of fused-ring (bicyclic) bond motifs is 4. The normalized spacial score (nSPS) is 14.8. The molecule has 0 spiro atoms. The summed E-state index contributed by atoms with van der Waals surface area (Å²) in [4.78, 5) is 31.2. The summed E-state index contributed by atoms with van der Waals surface area (Å²) in [6, 6.07) is 8.43. The number of carbonyl (C=O) groups is 2. The van der Waals surface area contributed by atoms with Gasteiger partial charge in [-0.25, -0.2) is 0 Å². The summed E-state index contributed by atoms with van der Waals surface area (Å²) in [5, 5.41) is 0. The van der Waals surface area contributed by atoms with Gasteiger partial charge in [0.2, 0.25) is 0 Å². The minimum absolute atomic E-state index is 0.100. The predicted molar refractivity (Wildman–Crippen MR) is 121 cm³/mol. The lowest BCUT2D eigenvalue weighted by Gasteiger charge is -2.35. The largest absolute Gasteiger partial charge is 0.341 e. The molecule has 0 radical (unpaired) electrons. The van der Waals surface area contributed by atoms with E-state index in [9.17, 15) is 9.59 Å². The van der Waals surface area contributed by atoms with Crippen LogP contribution < -0.4 is 4.90 Å². The number of amides is 1. The molecule has 4 rings (SSSR count). The molecule has 0 bridgehead atoms. The summed E-state index contributed by atoms with van der Waals surface area (Å²) in [6.07, 6.45) is 2.64. The second-order valence-corrected chi connectivity index (χ2v) is 8.78. The van der Waals surface area contributed by atoms with Crippen molar-refractivity contribution in [3.8, 4) is 0 Å². The molecule has 2 aromatic rings. The average Bonchev–Trinajstić information content (AvgIpc) is 3.00. The fraction of sp³-hybridized carbons (Fsp3) is 0.440. The summed E-state index contributed by atoms with van der Waals surface area (Å²) in [6.45, 7) is 6.33. The second-order valence-electron chi connectivity index (χ2n) is 8.78. The Bertz CT molecular complexity index is 1030. The fourth-order valence-electron chi connectivity index (χ4n) is 4.82. The molecule has 2 aliphatic rings. The van der Waals surface area contributed by atoms with Crippen LogP contribution in [0.5, 0.6) is 0 Å². The van der Waals surface area contributed by atoms with Crippen molar-refractivity contribution in [2.45, 2.75) is 39.7 Å². The first-order valence-corrected chi connectivity index (χ1v) is 10.8. The molecule has 158 valence electrons. The van der Waals surface area contributed by atoms with Crippen LogP contribution in [0.3, 0.4) is 0 Å². The third kappa shape index (κ3) is 3.41. The van der Waals surface area contributed by atoms with Gasteiger partial charge in [-0.05, 0) is 86.9 Å². The van der Waals surface area contributed by atoms with Gasteiger partial charge in [0.1, 0.15) is 0 Å². The van der Waals surface area contributed by atoms with Crippen LogP contribution in [0.1, 0.15) is 63.2 Å². The lowest BCUT2D eigenvalue weighted by atomic mass is 9.87. The third-order valence-electron chi connectivity index (χ3n) is 6.38. The van der Waals surface area contributed by atoms with E-state index in [0.29, 0.717) is 6.54 Å². The molecule has 1 amide bonds. The van der Waals surface area contributed by atoms with Crippen LogP contribution in [0.4, 0.5) is 11.4 Å². The highest BCUT2D eigenvalue weighted by Gasteiger charge is 2.33. The van der Waals surface area contributed by atoms with E-state index in [1.165, 1.54) is 22.5 Å². The van der Waals surface area contributed by atoms with Gasteiger partial charge in [-0.3, -0.25) is 9.59 Å². The highest BCUT2D eigenvalue weighted by Crippen LogP contribution is 2.44. The number of aryl methyl sites for hydroxylation is 1. The van der Waals surface area contributed by atoms with Crippen LogP contribution in [0, 0.1) is 0 Å². The molecular formula is C25H31N3O2. The minimum Gasteiger partial charge on any atom is -0.341 e. The van der Waals surface area contributed by atoms with Gasteiger partial charge in [0.15, 0.2) is 5.78 Å². The third-order valence-corrected chi connectivity index (χ3v) is 6.38. The first-order valence-electron chi connectivity index (χ1n) is 10.8. The van der Waals surface area contributed by atoms with Crippen molar-refractivity contribution in [1.29, 1.82) is 0 Å². The Labute approximate surface area is 179 Å². The molecule has 0 aliphatic carbocycles. The van der Waals surface area contributed by atoms with Crippen molar-refractivity contribution >= 4 is 23.1 Å². The van der Waals surface area contributed by atoms with E-state index < -0.39 is 0 Å². The lowest BCUT2D eigenvalue weighted by molar-refractivity contribution is 0.0816. The number of anilines is 2. The van der Waals surface area contributed by atoms with Crippen LogP contribution in [-0.4, -0.2) is 55.7 Å². The van der Waals surface area contributed by atoms with Crippen molar-refractivity contribution in [2.75, 3.05) is 39.1 Å². The molecule has 0 unspecified atom stereocenters. The smallest absolute Gasteiger partial charge is 0.254 e. The van der Waals surface area contributed by atoms with Crippen LogP contribution in [-0.2, 0) is 19.4 Å². The standard InChI is InChI=1S/C25H31N3O2/c1-6-17-14-24-18(12-20(17)16(2)29)13-21-22-15-27(5)25(30)19(22)8-9-23(21)28(24)11-7-10-26(3)4/h8-9,12,14H,6-7,10-11,13,15H2,1-5H3. The van der Waals surface area contributed by atoms with Gasteiger partial charge >= 0.3 is 0 Å². The number of nitrogens with zero attached hydrogens (tertiary/aromatic N) is 3. The molecule has 5 nitrogen and oxygen atoms in total. The maximum absolute atomic E-state index is 12.5. The minimum atomic E-state index is 0.100. The SMILES string of the molecule is CCc1cc2c(cc1C(C)=O)Cc1c(ccc3c1CN(C)C3=O)N2CCCN(C)C. The molecule has 2 aliphatic heterocycles. The Hall–Kier alpha value is -2.66. The maximum Gasteiger partial charge on any atom is 0.254 e. The number of Topliss-reactive ketones (excluding diaryl/α,β-unsaturated/α-hetero) is 1. The maximum atomic E-state index is 12.5. The molecule has 5 heteroatoms. The number of rotatable bonds is 6. The van der Waals surface area contributed by atoms with Gasteiger partial charge < -0.3 is 14.7 Å². The van der Waals surface area contributed by atoms with Crippen molar-refractivity contribution in [2.24, 2.45) is 0 Å². The summed E-state index contributed by atoms with van der Waals surface area (Å²) >= 11 is 0. The van der Waals surface area contributed by atoms with Crippen LogP contribution in [0.2, 0.25) is 0 Å². The zero-order valence-electron chi connectivity index (χ0n) is 18.7. The number of hydrogen-bond donors (Lipinski definition) is 0. The van der Waals surface area contributed by atoms with Gasteiger partial charge in [-0.2, -0.15) is 0 Å². The quantitative estimate of drug-likeness (QED) is 0.681. The van der Waals surface area contributed by atoms with Gasteiger partial charge in [0, 0.05) is 49.1 Å². The Morgan fingerprint density at radius 3 is 2.57 bits per heavy atom. The van der Waals surface area contributed by atoms with E-state index in [4.69, 9.17) is 0 Å². The Morgan fingerprint density at radius 2 is 1.90 bits per heavy atom. The molecular weight excluding hydrogens is 374 g/mol. The zero-order valence-corrected chi connectivity index (χ0v) is 18.7. The number of benzene rings is 2. The lowest BCUT2D eigenvalue weighted by Crippen LogP contribution is -2.28. The number of carbonyl (C=O) groups excluding carboxylic acids is 2. The summed E-state index contributed by atoms with van der Waals surface area (Å²) in [7, 11) is 6.06. The molecule has 0 saturated carbocycles. The van der Waals surface area contributed by atoms with E-state index >= 15 is 0 Å². The van der Waals surface area contributed by atoms with Gasteiger partial charge in [0.05, 0.1) is 0 Å². The van der Waals surface area contributed by atoms with Gasteiger partial charge in [-0.15, -0.1) is 0 Å². The Kier molecular flexibility index (Phi) is 5.41. The molecule has 0 fully saturated rings. The molecule has 0 aromatic heterocycles. The van der Waals surface area contributed by atoms with E-state index in [1.54, 1.807) is 11.8 Å². The van der Waals surface area contributed by atoms with E-state index in [1.807, 2.05) is 13.1 Å². The molecule has 2 aromatic carbocycles. The Balaban J connectivity index is 1.84. The molecule has 0 saturated heterocycles. The predicted octanol–water partition coefficient (Wildman–Crippen LogP) is 4.03. The van der Waals surface area contributed by atoms with Crippen molar-refractivity contribution in [3.63, 3.8) is 0 Å². The topological polar surface area (TPSA) is 43.9 Å². The summed E-state index contributed by atoms with van der Waals surface area (Å²) in [5.41, 5.74) is 8.75. The van der Waals surface area contributed by atoms with Gasteiger partial charge in [0.25, 0.3) is 5.91 Å². The summed E-state index contributed by atoms with van der Waals surface area (Å²) in [5.74, 6) is 0.219. The average molecular weight is 406 g/mol. The summed E-state index contributed by atoms with van der Waals surface area (Å²) < 4.78 is 0. The molecule has 2 heterocycles. The molecule has 30 heavy (non-hydrogen) atoms. The van der Waals surface area contributed by atoms with E-state index in [-0.39, 0.29) is 11.7 Å². The first-order chi connectivity index (χ1) is 14.3. The number of ketones is 1. The number of hydrogen-bond acceptors (Lipinski definition) is 4. The Morgan fingerprint density at radius 1 is 1.13 bits per heavy atom. The van der Waals surface area contributed by atoms with E-state index in [2.05, 4.69) is 49.0 Å². The van der Waals surface area contributed by atoms with Crippen LogP contribution in [0.15, 0.2) is 24.3 Å². The second kappa shape index (κ2) is 7.88. The highest BCUT2D eigenvalue weighted by atomic mass is 16.2. The van der Waals surface area contributed by atoms with Crippen molar-refractivity contribution in [1.82, 2.24) is 9.80 Å². The molecule has 0 N–H and O–H groups in total. The molecule has 0 atom stereocenters. The van der Waals surface area contributed by atoms with Gasteiger partial charge in [-0.1, -0.05) is 6.92 Å². The fourth-order valence-corrected chi connectivity index (χ4v) is 4.82. The monoisotopic (exact) mass is 405 g/mol. The van der Waals surface area contributed by atoms with E-state index in [0.717, 1.165) is 54.6 Å².